The molecule has 1 aliphatic carbocycles. The van der Waals surface area contributed by atoms with Gasteiger partial charge >= 0.3 is 0 Å². The van der Waals surface area contributed by atoms with Gasteiger partial charge in [-0.1, -0.05) is 24.3 Å². The maximum absolute atomic E-state index is 12.4. The van der Waals surface area contributed by atoms with Crippen LogP contribution in [0.2, 0.25) is 0 Å². The topological polar surface area (TPSA) is 26.3 Å². The first-order valence-corrected chi connectivity index (χ1v) is 7.57. The molecule has 0 bridgehead atoms. The Morgan fingerprint density at radius 3 is 2.89 bits per heavy atom. The van der Waals surface area contributed by atoms with Crippen molar-refractivity contribution < 1.29 is 9.53 Å². The molecule has 19 heavy (non-hydrogen) atoms. The number of hydrogen-bond donors (Lipinski definition) is 0. The van der Waals surface area contributed by atoms with Crippen LogP contribution in [-0.2, 0) is 16.0 Å². The summed E-state index contributed by atoms with van der Waals surface area (Å²) >= 11 is 0. The third kappa shape index (κ3) is 2.89. The zero-order chi connectivity index (χ0) is 13.1. The predicted octanol–water partition coefficient (Wildman–Crippen LogP) is 3.63. The van der Waals surface area contributed by atoms with Crippen LogP contribution in [0, 0.1) is 0 Å². The van der Waals surface area contributed by atoms with Gasteiger partial charge in [0.2, 0.25) is 0 Å². The number of carbonyl (C=O) groups excluding carboxylic acids is 1. The molecule has 1 fully saturated rings. The molecule has 102 valence electrons. The molecule has 1 aromatic carbocycles. The van der Waals surface area contributed by atoms with Crippen LogP contribution in [0.15, 0.2) is 24.3 Å². The SMILES string of the molecule is O=C(CC1CCCc2ccccc21)C1CCCCO1. The van der Waals surface area contributed by atoms with Crippen molar-refractivity contribution in [2.75, 3.05) is 6.61 Å². The molecule has 3 rings (SSSR count). The fraction of sp³-hybridized carbons (Fsp3) is 0.588. The third-order valence-electron chi connectivity index (χ3n) is 4.48. The summed E-state index contributed by atoms with van der Waals surface area (Å²) in [5, 5.41) is 0. The minimum atomic E-state index is -0.122. The summed E-state index contributed by atoms with van der Waals surface area (Å²) in [7, 11) is 0. The van der Waals surface area contributed by atoms with Crippen LogP contribution in [0.4, 0.5) is 0 Å². The standard InChI is InChI=1S/C17H22O2/c18-16(17-10-3-4-11-19-17)12-14-8-5-7-13-6-1-2-9-15(13)14/h1-2,6,9,14,17H,3-5,7-8,10-12H2. The molecule has 1 heterocycles. The number of ether oxygens (including phenoxy) is 1. The van der Waals surface area contributed by atoms with Gasteiger partial charge in [0.15, 0.2) is 5.78 Å². The van der Waals surface area contributed by atoms with Crippen LogP contribution in [-0.4, -0.2) is 18.5 Å². The number of Topliss-reactive ketones (excluding diaryl/α,β-unsaturated/α-hetero) is 1. The molecule has 2 unspecified atom stereocenters. The maximum Gasteiger partial charge on any atom is 0.162 e. The summed E-state index contributed by atoms with van der Waals surface area (Å²) in [5.74, 6) is 0.740. The number of ketones is 1. The van der Waals surface area contributed by atoms with E-state index < -0.39 is 0 Å². The monoisotopic (exact) mass is 258 g/mol. The van der Waals surface area contributed by atoms with Crippen molar-refractivity contribution in [3.63, 3.8) is 0 Å². The highest BCUT2D eigenvalue weighted by Gasteiger charge is 2.27. The van der Waals surface area contributed by atoms with E-state index in [-0.39, 0.29) is 6.10 Å². The Morgan fingerprint density at radius 1 is 1.16 bits per heavy atom. The van der Waals surface area contributed by atoms with Crippen molar-refractivity contribution >= 4 is 5.78 Å². The Balaban J connectivity index is 1.68. The Bertz CT molecular complexity index is 446. The molecule has 2 heteroatoms. The van der Waals surface area contributed by atoms with Crippen molar-refractivity contribution in [2.24, 2.45) is 0 Å². The molecular formula is C17H22O2. The van der Waals surface area contributed by atoms with Gasteiger partial charge in [-0.3, -0.25) is 4.79 Å². The summed E-state index contributed by atoms with van der Waals surface area (Å²) in [5.41, 5.74) is 2.84. The van der Waals surface area contributed by atoms with Crippen LogP contribution in [0.3, 0.4) is 0 Å². The van der Waals surface area contributed by atoms with Gasteiger partial charge in [-0.05, 0) is 55.6 Å². The molecule has 0 N–H and O–H groups in total. The van der Waals surface area contributed by atoms with Crippen molar-refractivity contribution in [1.29, 1.82) is 0 Å². The summed E-state index contributed by atoms with van der Waals surface area (Å²) in [6.45, 7) is 0.762. The summed E-state index contributed by atoms with van der Waals surface area (Å²) in [6, 6.07) is 8.61. The number of carbonyl (C=O) groups is 1. The van der Waals surface area contributed by atoms with Crippen LogP contribution >= 0.6 is 0 Å². The number of fused-ring (bicyclic) bond motifs is 1. The van der Waals surface area contributed by atoms with E-state index in [9.17, 15) is 4.79 Å². The maximum atomic E-state index is 12.4. The minimum Gasteiger partial charge on any atom is -0.370 e. The van der Waals surface area contributed by atoms with Gasteiger partial charge in [0, 0.05) is 13.0 Å². The Hall–Kier alpha value is -1.15. The van der Waals surface area contributed by atoms with Crippen molar-refractivity contribution in [3.8, 4) is 0 Å². The van der Waals surface area contributed by atoms with E-state index in [0.29, 0.717) is 18.1 Å². The van der Waals surface area contributed by atoms with Crippen LogP contribution in [0.5, 0.6) is 0 Å². The minimum absolute atomic E-state index is 0.122. The smallest absolute Gasteiger partial charge is 0.162 e. The largest absolute Gasteiger partial charge is 0.370 e. The highest BCUT2D eigenvalue weighted by Crippen LogP contribution is 2.34. The zero-order valence-corrected chi connectivity index (χ0v) is 11.4. The summed E-state index contributed by atoms with van der Waals surface area (Å²) < 4.78 is 5.62. The number of aryl methyl sites for hydroxylation is 1. The van der Waals surface area contributed by atoms with Crippen LogP contribution < -0.4 is 0 Å². The fourth-order valence-electron chi connectivity index (χ4n) is 3.44. The molecule has 0 amide bonds. The molecule has 2 nitrogen and oxygen atoms in total. The first-order chi connectivity index (χ1) is 9.34. The van der Waals surface area contributed by atoms with Crippen LogP contribution in [0.1, 0.15) is 55.6 Å². The lowest BCUT2D eigenvalue weighted by atomic mass is 9.79. The lowest BCUT2D eigenvalue weighted by Gasteiger charge is -2.27. The molecule has 0 aromatic heterocycles. The second kappa shape index (κ2) is 5.87. The van der Waals surface area contributed by atoms with Gasteiger partial charge in [0.05, 0.1) is 0 Å². The van der Waals surface area contributed by atoms with E-state index in [2.05, 4.69) is 24.3 Å². The Labute approximate surface area is 115 Å². The van der Waals surface area contributed by atoms with Gasteiger partial charge in [-0.15, -0.1) is 0 Å². The summed E-state index contributed by atoms with van der Waals surface area (Å²) in [6.07, 6.45) is 7.24. The predicted molar refractivity (Wildman–Crippen MR) is 75.3 cm³/mol. The fourth-order valence-corrected chi connectivity index (χ4v) is 3.44. The first kappa shape index (κ1) is 12.9. The zero-order valence-electron chi connectivity index (χ0n) is 11.4. The van der Waals surface area contributed by atoms with E-state index in [0.717, 1.165) is 32.3 Å². The van der Waals surface area contributed by atoms with E-state index in [1.165, 1.54) is 24.0 Å². The van der Waals surface area contributed by atoms with Gasteiger partial charge in [-0.2, -0.15) is 0 Å². The Morgan fingerprint density at radius 2 is 2.05 bits per heavy atom. The van der Waals surface area contributed by atoms with Crippen molar-refractivity contribution in [2.45, 2.75) is 57.0 Å². The number of rotatable bonds is 3. The third-order valence-corrected chi connectivity index (χ3v) is 4.48. The average Bonchev–Trinajstić information content (AvgIpc) is 2.48. The normalized spacial score (nSPS) is 26.7. The molecule has 0 saturated carbocycles. The molecule has 0 spiro atoms. The highest BCUT2D eigenvalue weighted by atomic mass is 16.5. The lowest BCUT2D eigenvalue weighted by molar-refractivity contribution is -0.133. The van der Waals surface area contributed by atoms with Gasteiger partial charge in [0.25, 0.3) is 0 Å². The highest BCUT2D eigenvalue weighted by molar-refractivity contribution is 5.84. The van der Waals surface area contributed by atoms with Crippen molar-refractivity contribution in [3.05, 3.63) is 35.4 Å². The summed E-state index contributed by atoms with van der Waals surface area (Å²) in [4.78, 5) is 12.4. The first-order valence-electron chi connectivity index (χ1n) is 7.57. The molecule has 0 radical (unpaired) electrons. The van der Waals surface area contributed by atoms with E-state index in [4.69, 9.17) is 4.74 Å². The van der Waals surface area contributed by atoms with E-state index in [1.807, 2.05) is 0 Å². The van der Waals surface area contributed by atoms with Gasteiger partial charge in [-0.25, -0.2) is 0 Å². The quantitative estimate of drug-likeness (QED) is 0.827. The lowest BCUT2D eigenvalue weighted by Crippen LogP contribution is -2.29. The van der Waals surface area contributed by atoms with Crippen molar-refractivity contribution in [1.82, 2.24) is 0 Å². The number of benzene rings is 1. The molecule has 2 atom stereocenters. The molecular weight excluding hydrogens is 236 g/mol. The van der Waals surface area contributed by atoms with Gasteiger partial charge in [0.1, 0.15) is 6.10 Å². The molecule has 2 aliphatic rings. The molecule has 1 aliphatic heterocycles. The number of hydrogen-bond acceptors (Lipinski definition) is 2. The second-order valence-corrected chi connectivity index (χ2v) is 5.81. The Kier molecular flexibility index (Phi) is 3.97. The molecule has 1 saturated heterocycles. The van der Waals surface area contributed by atoms with E-state index >= 15 is 0 Å². The van der Waals surface area contributed by atoms with Crippen LogP contribution in [0.25, 0.3) is 0 Å². The van der Waals surface area contributed by atoms with Gasteiger partial charge < -0.3 is 4.74 Å². The average molecular weight is 258 g/mol. The second-order valence-electron chi connectivity index (χ2n) is 5.81. The molecule has 1 aromatic rings. The van der Waals surface area contributed by atoms with E-state index in [1.54, 1.807) is 0 Å².